The van der Waals surface area contributed by atoms with Crippen LogP contribution in [0.15, 0.2) is 93.9 Å². The van der Waals surface area contributed by atoms with Crippen molar-refractivity contribution in [3.05, 3.63) is 115 Å². The number of amides is 1. The van der Waals surface area contributed by atoms with Crippen LogP contribution in [0.3, 0.4) is 0 Å². The Labute approximate surface area is 263 Å². The molecule has 0 fully saturated rings. The lowest BCUT2D eigenvalue weighted by Gasteiger charge is -2.25. The minimum Gasteiger partial charge on any atom is -0.494 e. The topological polar surface area (TPSA) is 117 Å². The van der Waals surface area contributed by atoms with Gasteiger partial charge in [0, 0.05) is 5.69 Å². The van der Waals surface area contributed by atoms with Gasteiger partial charge >= 0.3 is 5.97 Å². The van der Waals surface area contributed by atoms with Crippen LogP contribution in [0.25, 0.3) is 6.08 Å². The maximum absolute atomic E-state index is 14.1. The third-order valence-electron chi connectivity index (χ3n) is 6.94. The molecule has 0 radical (unpaired) electrons. The number of hydrogen-bond donors (Lipinski definition) is 1. The van der Waals surface area contributed by atoms with Crippen LogP contribution in [0, 0.1) is 0 Å². The van der Waals surface area contributed by atoms with Crippen LogP contribution in [-0.2, 0) is 14.3 Å². The molecular formula is C34H33N3O7S. The monoisotopic (exact) mass is 627 g/mol. The van der Waals surface area contributed by atoms with Gasteiger partial charge in [-0.15, -0.1) is 0 Å². The molecular weight excluding hydrogens is 594 g/mol. The number of anilines is 1. The lowest BCUT2D eigenvalue weighted by Crippen LogP contribution is -2.40. The van der Waals surface area contributed by atoms with Gasteiger partial charge in [0.1, 0.15) is 5.75 Å². The second-order valence-corrected chi connectivity index (χ2v) is 10.9. The zero-order valence-electron chi connectivity index (χ0n) is 25.4. The average molecular weight is 628 g/mol. The van der Waals surface area contributed by atoms with Gasteiger partial charge in [0.15, 0.2) is 22.9 Å². The van der Waals surface area contributed by atoms with E-state index in [1.54, 1.807) is 54.8 Å². The Kier molecular flexibility index (Phi) is 9.79. The molecule has 0 spiro atoms. The van der Waals surface area contributed by atoms with Crippen LogP contribution >= 0.6 is 11.3 Å². The van der Waals surface area contributed by atoms with Crippen molar-refractivity contribution in [1.29, 1.82) is 0 Å². The molecule has 0 bridgehead atoms. The van der Waals surface area contributed by atoms with Gasteiger partial charge in [-0.2, -0.15) is 0 Å². The van der Waals surface area contributed by atoms with Gasteiger partial charge < -0.3 is 24.3 Å². The molecule has 0 saturated heterocycles. The van der Waals surface area contributed by atoms with E-state index in [0.29, 0.717) is 55.7 Å². The molecule has 232 valence electrons. The number of carbonyl (C=O) groups excluding carboxylic acids is 2. The Hall–Kier alpha value is -5.16. The first-order valence-corrected chi connectivity index (χ1v) is 15.2. The Morgan fingerprint density at radius 3 is 2.42 bits per heavy atom. The highest BCUT2D eigenvalue weighted by Gasteiger charge is 2.32. The molecule has 2 heterocycles. The summed E-state index contributed by atoms with van der Waals surface area (Å²) < 4.78 is 23.6. The second kappa shape index (κ2) is 14.1. The van der Waals surface area contributed by atoms with Crippen molar-refractivity contribution < 1.29 is 28.5 Å². The van der Waals surface area contributed by atoms with Gasteiger partial charge in [0.25, 0.3) is 11.5 Å². The maximum Gasteiger partial charge on any atom is 0.344 e. The fourth-order valence-electron chi connectivity index (χ4n) is 4.94. The van der Waals surface area contributed by atoms with E-state index >= 15 is 0 Å². The summed E-state index contributed by atoms with van der Waals surface area (Å²) >= 11 is 1.23. The summed E-state index contributed by atoms with van der Waals surface area (Å²) in [6.07, 6.45) is 1.74. The minimum atomic E-state index is -0.726. The maximum atomic E-state index is 14.1. The summed E-state index contributed by atoms with van der Waals surface area (Å²) in [6, 6.07) is 20.9. The van der Waals surface area contributed by atoms with Crippen LogP contribution in [0.1, 0.15) is 37.9 Å². The first kappa shape index (κ1) is 31.3. The first-order valence-electron chi connectivity index (χ1n) is 14.4. The minimum absolute atomic E-state index is 0.257. The molecule has 45 heavy (non-hydrogen) atoms. The number of methoxy groups -OCH3 is 1. The molecule has 10 nitrogen and oxygen atoms in total. The number of benzene rings is 3. The molecule has 0 aliphatic carbocycles. The number of carbonyl (C=O) groups is 2. The Balaban J connectivity index is 1.56. The molecule has 1 aliphatic heterocycles. The fraction of sp³-hybridized carbons (Fsp3) is 0.235. The van der Waals surface area contributed by atoms with E-state index in [4.69, 9.17) is 23.9 Å². The highest BCUT2D eigenvalue weighted by Crippen LogP contribution is 2.32. The van der Waals surface area contributed by atoms with Crippen molar-refractivity contribution in [3.8, 4) is 17.2 Å². The summed E-state index contributed by atoms with van der Waals surface area (Å²) in [6.45, 7) is 5.92. The number of nitrogens with one attached hydrogen (secondary N) is 1. The van der Waals surface area contributed by atoms with Crippen molar-refractivity contribution >= 4 is 35.0 Å². The summed E-state index contributed by atoms with van der Waals surface area (Å²) in [5.41, 5.74) is 2.64. The van der Waals surface area contributed by atoms with E-state index in [0.717, 1.165) is 5.56 Å². The predicted octanol–water partition coefficient (Wildman–Crippen LogP) is 4.22. The molecule has 4 aromatic rings. The van der Waals surface area contributed by atoms with E-state index in [2.05, 4.69) is 5.32 Å². The average Bonchev–Trinajstić information content (AvgIpc) is 3.34. The standard InChI is InChI=1S/C34H33N3O7S/c1-5-42-25-15-13-23(14-16-25)31-30(32(39)36-24-10-8-7-9-11-24)21(3)35-34-37(31)33(40)28(45-34)19-22-12-17-26(27(18-22)41-4)44-20-29(38)43-6-2/h7-19,31H,5-6,20H2,1-4H3,(H,36,39)/b28-19-/t31-/m1/s1. The van der Waals surface area contributed by atoms with Crippen LogP contribution in [-0.4, -0.2) is 43.4 Å². The number of para-hydroxylation sites is 1. The zero-order chi connectivity index (χ0) is 31.9. The normalized spacial score (nSPS) is 14.3. The molecule has 1 atom stereocenters. The van der Waals surface area contributed by atoms with Crippen LogP contribution in [0.5, 0.6) is 17.2 Å². The van der Waals surface area contributed by atoms with E-state index in [1.807, 2.05) is 49.4 Å². The smallest absolute Gasteiger partial charge is 0.344 e. The highest BCUT2D eigenvalue weighted by molar-refractivity contribution is 7.07. The molecule has 1 N–H and O–H groups in total. The molecule has 1 amide bonds. The molecule has 11 heteroatoms. The number of allylic oxidation sites excluding steroid dienone is 1. The van der Waals surface area contributed by atoms with E-state index in [-0.39, 0.29) is 24.7 Å². The summed E-state index contributed by atoms with van der Waals surface area (Å²) in [7, 11) is 1.49. The van der Waals surface area contributed by atoms with Gasteiger partial charge in [-0.25, -0.2) is 9.79 Å². The Bertz CT molecular complexity index is 1910. The van der Waals surface area contributed by atoms with Gasteiger partial charge in [0.05, 0.1) is 42.2 Å². The number of aromatic nitrogens is 1. The van der Waals surface area contributed by atoms with Gasteiger partial charge in [-0.1, -0.05) is 47.7 Å². The van der Waals surface area contributed by atoms with Crippen LogP contribution < -0.4 is 34.4 Å². The van der Waals surface area contributed by atoms with Crippen molar-refractivity contribution in [2.45, 2.75) is 26.8 Å². The number of nitrogens with zero attached hydrogens (tertiary/aromatic N) is 2. The molecule has 3 aromatic carbocycles. The van der Waals surface area contributed by atoms with Crippen molar-refractivity contribution in [2.24, 2.45) is 4.99 Å². The number of rotatable bonds is 11. The van der Waals surface area contributed by atoms with E-state index < -0.39 is 12.0 Å². The van der Waals surface area contributed by atoms with Crippen LogP contribution in [0.2, 0.25) is 0 Å². The largest absolute Gasteiger partial charge is 0.494 e. The third kappa shape index (κ3) is 6.99. The number of ether oxygens (including phenoxy) is 4. The summed E-state index contributed by atoms with van der Waals surface area (Å²) in [5, 5.41) is 2.96. The van der Waals surface area contributed by atoms with Gasteiger partial charge in [-0.05, 0) is 74.4 Å². The zero-order valence-corrected chi connectivity index (χ0v) is 26.2. The number of hydrogen-bond acceptors (Lipinski definition) is 9. The lowest BCUT2D eigenvalue weighted by atomic mass is 9.95. The highest BCUT2D eigenvalue weighted by atomic mass is 32.1. The van der Waals surface area contributed by atoms with Crippen LogP contribution in [0.4, 0.5) is 5.69 Å². The first-order chi connectivity index (χ1) is 21.8. The molecule has 5 rings (SSSR count). The molecule has 1 aliphatic rings. The Morgan fingerprint density at radius 2 is 1.73 bits per heavy atom. The number of esters is 1. The molecule has 0 saturated carbocycles. The number of fused-ring (bicyclic) bond motifs is 1. The van der Waals surface area contributed by atoms with Crippen molar-refractivity contribution in [2.75, 3.05) is 32.2 Å². The van der Waals surface area contributed by atoms with Crippen molar-refractivity contribution in [3.63, 3.8) is 0 Å². The van der Waals surface area contributed by atoms with Gasteiger partial charge in [-0.3, -0.25) is 14.2 Å². The Morgan fingerprint density at radius 1 is 0.978 bits per heavy atom. The summed E-state index contributed by atoms with van der Waals surface area (Å²) in [5.74, 6) is 0.610. The third-order valence-corrected chi connectivity index (χ3v) is 7.92. The van der Waals surface area contributed by atoms with Crippen molar-refractivity contribution in [1.82, 2.24) is 4.57 Å². The SMILES string of the molecule is CCOC(=O)COc1ccc(/C=c2\sc3n(c2=O)[C@H](c2ccc(OCC)cc2)C(C(=O)Nc2ccccc2)=C(C)N=3)cc1OC. The quantitative estimate of drug-likeness (QED) is 0.248. The molecule has 0 unspecified atom stereocenters. The number of thiazole rings is 1. The molecule has 1 aromatic heterocycles. The second-order valence-electron chi connectivity index (χ2n) is 9.91. The fourth-order valence-corrected chi connectivity index (χ4v) is 5.99. The lowest BCUT2D eigenvalue weighted by molar-refractivity contribution is -0.145. The van der Waals surface area contributed by atoms with E-state index in [9.17, 15) is 14.4 Å². The van der Waals surface area contributed by atoms with E-state index in [1.165, 1.54) is 18.4 Å². The van der Waals surface area contributed by atoms with Gasteiger partial charge in [0.2, 0.25) is 0 Å². The summed E-state index contributed by atoms with van der Waals surface area (Å²) in [4.78, 5) is 44.7. The predicted molar refractivity (Wildman–Crippen MR) is 172 cm³/mol.